The van der Waals surface area contributed by atoms with Crippen molar-refractivity contribution >= 4 is 0 Å². The number of hydrogen-bond donors (Lipinski definition) is 1. The van der Waals surface area contributed by atoms with Gasteiger partial charge in [-0.1, -0.05) is 0 Å². The van der Waals surface area contributed by atoms with Crippen molar-refractivity contribution in [2.75, 3.05) is 27.8 Å². The molecule has 1 saturated carbocycles. The highest BCUT2D eigenvalue weighted by molar-refractivity contribution is 5.45. The highest BCUT2D eigenvalue weighted by Crippen LogP contribution is 2.50. The third kappa shape index (κ3) is 2.14. The summed E-state index contributed by atoms with van der Waals surface area (Å²) in [6.45, 7) is 1.07. The molecule has 0 amide bonds. The normalized spacial score (nSPS) is 22.9. The lowest BCUT2D eigenvalue weighted by Gasteiger charge is -2.10. The number of rotatable bonds is 5. The zero-order valence-electron chi connectivity index (χ0n) is 10.1. The van der Waals surface area contributed by atoms with Crippen LogP contribution in [0.3, 0.4) is 0 Å². The van der Waals surface area contributed by atoms with Crippen molar-refractivity contribution in [3.05, 3.63) is 23.8 Å². The predicted molar refractivity (Wildman–Crippen MR) is 64.3 cm³/mol. The Morgan fingerprint density at radius 2 is 2.12 bits per heavy atom. The highest BCUT2D eigenvalue weighted by atomic mass is 16.5. The van der Waals surface area contributed by atoms with Gasteiger partial charge < -0.3 is 14.8 Å². The van der Waals surface area contributed by atoms with Gasteiger partial charge in [0.15, 0.2) is 0 Å². The molecule has 0 saturated heterocycles. The molecule has 0 bridgehead atoms. The van der Waals surface area contributed by atoms with Crippen molar-refractivity contribution in [2.24, 2.45) is 5.92 Å². The second-order valence-electron chi connectivity index (χ2n) is 4.27. The quantitative estimate of drug-likeness (QED) is 0.825. The molecule has 1 N–H and O–H groups in total. The van der Waals surface area contributed by atoms with Gasteiger partial charge in [-0.2, -0.15) is 0 Å². The average Bonchev–Trinajstić information content (AvgIpc) is 3.08. The predicted octanol–water partition coefficient (Wildman–Crippen LogP) is 2.03. The monoisotopic (exact) mass is 221 g/mol. The van der Waals surface area contributed by atoms with Crippen LogP contribution in [0.4, 0.5) is 0 Å². The largest absolute Gasteiger partial charge is 0.497 e. The molecule has 1 aromatic carbocycles. The maximum atomic E-state index is 5.40. The highest BCUT2D eigenvalue weighted by Gasteiger charge is 2.39. The Morgan fingerprint density at radius 1 is 1.31 bits per heavy atom. The summed E-state index contributed by atoms with van der Waals surface area (Å²) in [6.07, 6.45) is 1.24. The van der Waals surface area contributed by atoms with Gasteiger partial charge >= 0.3 is 0 Å². The molecule has 1 fully saturated rings. The Bertz CT molecular complexity index is 365. The number of nitrogens with one attached hydrogen (secondary N) is 1. The maximum absolute atomic E-state index is 5.40. The van der Waals surface area contributed by atoms with E-state index in [9.17, 15) is 0 Å². The number of hydrogen-bond acceptors (Lipinski definition) is 3. The van der Waals surface area contributed by atoms with E-state index in [1.165, 1.54) is 12.0 Å². The van der Waals surface area contributed by atoms with Crippen LogP contribution in [0, 0.1) is 5.92 Å². The zero-order chi connectivity index (χ0) is 11.5. The van der Waals surface area contributed by atoms with E-state index in [1.54, 1.807) is 14.2 Å². The SMILES string of the molecule is CNC[C@H]1C[C@@H]1c1cc(OC)ccc1OC. The maximum Gasteiger partial charge on any atom is 0.122 e. The van der Waals surface area contributed by atoms with E-state index in [-0.39, 0.29) is 0 Å². The summed E-state index contributed by atoms with van der Waals surface area (Å²) in [5.41, 5.74) is 1.28. The average molecular weight is 221 g/mol. The lowest BCUT2D eigenvalue weighted by atomic mass is 10.1. The molecule has 1 aliphatic rings. The molecule has 2 atom stereocenters. The Kier molecular flexibility index (Phi) is 3.34. The molecule has 16 heavy (non-hydrogen) atoms. The topological polar surface area (TPSA) is 30.5 Å². The summed E-state index contributed by atoms with van der Waals surface area (Å²) in [5, 5.41) is 3.22. The minimum atomic E-state index is 0.623. The van der Waals surface area contributed by atoms with Crippen LogP contribution < -0.4 is 14.8 Å². The van der Waals surface area contributed by atoms with Crippen LogP contribution in [0.25, 0.3) is 0 Å². The van der Waals surface area contributed by atoms with Gasteiger partial charge in [-0.05, 0) is 50.0 Å². The van der Waals surface area contributed by atoms with Gasteiger partial charge in [0.1, 0.15) is 11.5 Å². The van der Waals surface area contributed by atoms with Crippen molar-refractivity contribution in [2.45, 2.75) is 12.3 Å². The third-order valence-electron chi connectivity index (χ3n) is 3.23. The lowest BCUT2D eigenvalue weighted by molar-refractivity contribution is 0.398. The van der Waals surface area contributed by atoms with Crippen molar-refractivity contribution in [3.8, 4) is 11.5 Å². The van der Waals surface area contributed by atoms with Crippen LogP contribution in [-0.4, -0.2) is 27.8 Å². The zero-order valence-corrected chi connectivity index (χ0v) is 10.1. The van der Waals surface area contributed by atoms with E-state index in [2.05, 4.69) is 11.4 Å². The summed E-state index contributed by atoms with van der Waals surface area (Å²) in [7, 11) is 5.42. The molecule has 0 aliphatic heterocycles. The minimum absolute atomic E-state index is 0.623. The van der Waals surface area contributed by atoms with Gasteiger partial charge in [0.25, 0.3) is 0 Å². The number of methoxy groups -OCH3 is 2. The van der Waals surface area contributed by atoms with E-state index < -0.39 is 0 Å². The van der Waals surface area contributed by atoms with Crippen molar-refractivity contribution < 1.29 is 9.47 Å². The Hall–Kier alpha value is -1.22. The van der Waals surface area contributed by atoms with Gasteiger partial charge in [-0.3, -0.25) is 0 Å². The number of benzene rings is 1. The van der Waals surface area contributed by atoms with Gasteiger partial charge in [-0.15, -0.1) is 0 Å². The molecular weight excluding hydrogens is 202 g/mol. The molecule has 0 heterocycles. The Labute approximate surface area is 96.8 Å². The fraction of sp³-hybridized carbons (Fsp3) is 0.538. The summed E-state index contributed by atoms with van der Waals surface area (Å²) in [5.74, 6) is 3.25. The van der Waals surface area contributed by atoms with Crippen LogP contribution in [0.1, 0.15) is 17.9 Å². The summed E-state index contributed by atoms with van der Waals surface area (Å²) in [4.78, 5) is 0. The Morgan fingerprint density at radius 3 is 2.75 bits per heavy atom. The smallest absolute Gasteiger partial charge is 0.122 e. The summed E-state index contributed by atoms with van der Waals surface area (Å²) in [6, 6.07) is 6.03. The van der Waals surface area contributed by atoms with Crippen LogP contribution >= 0.6 is 0 Å². The van der Waals surface area contributed by atoms with Crippen molar-refractivity contribution in [1.82, 2.24) is 5.32 Å². The van der Waals surface area contributed by atoms with Crippen molar-refractivity contribution in [1.29, 1.82) is 0 Å². The standard InChI is InChI=1S/C13H19NO2/c1-14-8-9-6-11(9)12-7-10(15-2)4-5-13(12)16-3/h4-5,7,9,11,14H,6,8H2,1-3H3/t9-,11+/m1/s1. The third-order valence-corrected chi connectivity index (χ3v) is 3.23. The van der Waals surface area contributed by atoms with Gasteiger partial charge in [0.05, 0.1) is 14.2 Å². The first-order valence-corrected chi connectivity index (χ1v) is 5.66. The van der Waals surface area contributed by atoms with Crippen LogP contribution in [-0.2, 0) is 0 Å². The molecule has 88 valence electrons. The van der Waals surface area contributed by atoms with Crippen molar-refractivity contribution in [3.63, 3.8) is 0 Å². The second kappa shape index (κ2) is 4.74. The molecule has 3 nitrogen and oxygen atoms in total. The molecule has 1 aromatic rings. The molecule has 1 aliphatic carbocycles. The lowest BCUT2D eigenvalue weighted by Crippen LogP contribution is -2.10. The van der Waals surface area contributed by atoms with E-state index in [1.807, 2.05) is 19.2 Å². The molecule has 0 unspecified atom stereocenters. The first kappa shape index (κ1) is 11.3. The van der Waals surface area contributed by atoms with Crippen LogP contribution in [0.15, 0.2) is 18.2 Å². The molecule has 0 spiro atoms. The van der Waals surface area contributed by atoms with Gasteiger partial charge in [0, 0.05) is 5.56 Å². The number of ether oxygens (including phenoxy) is 2. The van der Waals surface area contributed by atoms with Gasteiger partial charge in [0.2, 0.25) is 0 Å². The fourth-order valence-electron chi connectivity index (χ4n) is 2.25. The second-order valence-corrected chi connectivity index (χ2v) is 4.27. The van der Waals surface area contributed by atoms with Crippen LogP contribution in [0.2, 0.25) is 0 Å². The fourth-order valence-corrected chi connectivity index (χ4v) is 2.25. The first-order valence-electron chi connectivity index (χ1n) is 5.66. The molecular formula is C13H19NO2. The summed E-state index contributed by atoms with van der Waals surface area (Å²) < 4.78 is 10.7. The molecule has 0 radical (unpaired) electrons. The summed E-state index contributed by atoms with van der Waals surface area (Å²) >= 11 is 0. The van der Waals surface area contributed by atoms with E-state index >= 15 is 0 Å². The van der Waals surface area contributed by atoms with Crippen LogP contribution in [0.5, 0.6) is 11.5 Å². The first-order chi connectivity index (χ1) is 7.80. The van der Waals surface area contributed by atoms with E-state index in [0.717, 1.165) is 24.0 Å². The molecule has 3 heteroatoms. The molecule has 2 rings (SSSR count). The van der Waals surface area contributed by atoms with Gasteiger partial charge in [-0.25, -0.2) is 0 Å². The van der Waals surface area contributed by atoms with E-state index in [4.69, 9.17) is 9.47 Å². The molecule has 0 aromatic heterocycles. The minimum Gasteiger partial charge on any atom is -0.497 e. The van der Waals surface area contributed by atoms with E-state index in [0.29, 0.717) is 5.92 Å². The Balaban J connectivity index is 2.18.